The number of ether oxygens (including phenoxy) is 1. The zero-order valence-electron chi connectivity index (χ0n) is 10.1. The van der Waals surface area contributed by atoms with Gasteiger partial charge in [-0.3, -0.25) is 4.79 Å². The monoisotopic (exact) mass is 250 g/mol. The van der Waals surface area contributed by atoms with Gasteiger partial charge in [-0.2, -0.15) is 0 Å². The lowest BCUT2D eigenvalue weighted by Gasteiger charge is -2.08. The predicted octanol–water partition coefficient (Wildman–Crippen LogP) is 1.95. The van der Waals surface area contributed by atoms with Gasteiger partial charge in [0.15, 0.2) is 0 Å². The molecule has 0 unspecified atom stereocenters. The molecule has 1 rings (SSSR count). The number of carbonyl (C=O) groups is 2. The van der Waals surface area contributed by atoms with E-state index in [4.69, 9.17) is 9.84 Å². The Bertz CT molecular complexity index is 502. The summed E-state index contributed by atoms with van der Waals surface area (Å²) in [6.45, 7) is 4.11. The van der Waals surface area contributed by atoms with Gasteiger partial charge in [0.1, 0.15) is 11.5 Å². The van der Waals surface area contributed by atoms with Crippen molar-refractivity contribution in [1.29, 1.82) is 0 Å². The number of aliphatic hydroxyl groups is 1. The van der Waals surface area contributed by atoms with Gasteiger partial charge in [0.2, 0.25) is 0 Å². The van der Waals surface area contributed by atoms with E-state index in [2.05, 4.69) is 0 Å². The molecule has 0 atom stereocenters. The number of aliphatic hydroxyl groups excluding tert-OH is 1. The number of hydrogen-bond acceptors (Lipinski definition) is 4. The molecule has 96 valence electrons. The quantitative estimate of drug-likeness (QED) is 0.474. The maximum atomic E-state index is 10.9. The number of rotatable bonds is 5. The first-order chi connectivity index (χ1) is 8.45. The minimum atomic E-state index is -1.61. The van der Waals surface area contributed by atoms with Crippen LogP contribution in [0.15, 0.2) is 24.3 Å². The highest BCUT2D eigenvalue weighted by molar-refractivity contribution is 6.38. The molecule has 0 radical (unpaired) electrons. The molecule has 0 bridgehead atoms. The minimum absolute atomic E-state index is 0.372. The molecule has 0 saturated carbocycles. The number of carboxylic acid groups (broad SMARTS) is 1. The normalized spacial score (nSPS) is 11.1. The third-order valence-corrected chi connectivity index (χ3v) is 2.26. The molecule has 1 aromatic carbocycles. The molecule has 0 aliphatic carbocycles. The molecule has 0 heterocycles. The zero-order chi connectivity index (χ0) is 13.7. The number of aryl methyl sites for hydroxylation is 1. The molecule has 2 N–H and O–H groups in total. The van der Waals surface area contributed by atoms with Crippen LogP contribution in [0.4, 0.5) is 0 Å². The Balaban J connectivity index is 3.03. The third-order valence-electron chi connectivity index (χ3n) is 2.26. The van der Waals surface area contributed by atoms with E-state index < -0.39 is 11.8 Å². The molecule has 5 heteroatoms. The van der Waals surface area contributed by atoms with Crippen LogP contribution in [-0.2, 0) is 9.59 Å². The lowest BCUT2D eigenvalue weighted by molar-refractivity contribution is -0.146. The summed E-state index contributed by atoms with van der Waals surface area (Å²) in [6.07, 6.45) is 0.686. The van der Waals surface area contributed by atoms with E-state index in [9.17, 15) is 14.7 Å². The van der Waals surface area contributed by atoms with Crippen LogP contribution in [0.2, 0.25) is 0 Å². The lowest BCUT2D eigenvalue weighted by atomic mass is 10.1. The van der Waals surface area contributed by atoms with Crippen molar-refractivity contribution in [3.8, 4) is 5.75 Å². The molecule has 0 saturated heterocycles. The van der Waals surface area contributed by atoms with Gasteiger partial charge < -0.3 is 14.9 Å². The smallest absolute Gasteiger partial charge is 0.376 e. The molecular weight excluding hydrogens is 236 g/mol. The van der Waals surface area contributed by atoms with Crippen LogP contribution in [0, 0.1) is 6.92 Å². The predicted molar refractivity (Wildman–Crippen MR) is 65.6 cm³/mol. The average molecular weight is 250 g/mol. The number of benzene rings is 1. The van der Waals surface area contributed by atoms with Gasteiger partial charge in [0.05, 0.1) is 6.61 Å². The Labute approximate surface area is 104 Å². The van der Waals surface area contributed by atoms with Gasteiger partial charge in [-0.05, 0) is 37.6 Å². The average Bonchev–Trinajstić information content (AvgIpc) is 2.29. The van der Waals surface area contributed by atoms with E-state index in [1.165, 1.54) is 0 Å². The Morgan fingerprint density at radius 2 is 2.00 bits per heavy atom. The zero-order valence-corrected chi connectivity index (χ0v) is 10.1. The summed E-state index contributed by atoms with van der Waals surface area (Å²) in [5.74, 6) is -2.50. The van der Waals surface area contributed by atoms with Crippen molar-refractivity contribution in [2.45, 2.75) is 13.8 Å². The summed E-state index contributed by atoms with van der Waals surface area (Å²) in [4.78, 5) is 21.3. The molecule has 0 aliphatic rings. The third kappa shape index (κ3) is 3.35. The Kier molecular flexibility index (Phi) is 4.48. The number of carbonyl (C=O) groups excluding carboxylic acids is 1. The van der Waals surface area contributed by atoms with E-state index in [1.54, 1.807) is 25.1 Å². The standard InChI is InChI=1S/C13H14O5/c1-3-18-9-4-5-10(8(2)6-9)11(14)7-12(15)13(16)17/h4-7,14H,3H2,1-2H3,(H,16,17)/b11-7-. The minimum Gasteiger partial charge on any atom is -0.507 e. The van der Waals surface area contributed by atoms with Crippen molar-refractivity contribution in [3.05, 3.63) is 35.4 Å². The molecule has 1 aromatic rings. The summed E-state index contributed by atoms with van der Waals surface area (Å²) in [5.41, 5.74) is 1.08. The van der Waals surface area contributed by atoms with Gasteiger partial charge in [-0.25, -0.2) is 4.79 Å². The topological polar surface area (TPSA) is 83.8 Å². The van der Waals surface area contributed by atoms with Crippen LogP contribution in [0.1, 0.15) is 18.1 Å². The van der Waals surface area contributed by atoms with E-state index >= 15 is 0 Å². The Morgan fingerprint density at radius 3 is 2.50 bits per heavy atom. The molecule has 18 heavy (non-hydrogen) atoms. The largest absolute Gasteiger partial charge is 0.507 e. The highest BCUT2D eigenvalue weighted by Crippen LogP contribution is 2.22. The first-order valence-electron chi connectivity index (χ1n) is 5.37. The SMILES string of the molecule is CCOc1ccc(/C(O)=C/C(=O)C(=O)O)c(C)c1. The highest BCUT2D eigenvalue weighted by Gasteiger charge is 2.12. The summed E-state index contributed by atoms with van der Waals surface area (Å²) in [7, 11) is 0. The lowest BCUT2D eigenvalue weighted by Crippen LogP contribution is -2.09. The Hall–Kier alpha value is -2.30. The first-order valence-corrected chi connectivity index (χ1v) is 5.37. The second kappa shape index (κ2) is 5.86. The van der Waals surface area contributed by atoms with E-state index in [-0.39, 0.29) is 5.76 Å². The van der Waals surface area contributed by atoms with Crippen molar-refractivity contribution in [3.63, 3.8) is 0 Å². The van der Waals surface area contributed by atoms with Crippen molar-refractivity contribution in [2.24, 2.45) is 0 Å². The van der Waals surface area contributed by atoms with Gasteiger partial charge >= 0.3 is 5.97 Å². The Morgan fingerprint density at radius 1 is 1.33 bits per heavy atom. The van der Waals surface area contributed by atoms with Crippen LogP contribution in [0.3, 0.4) is 0 Å². The number of carboxylic acids is 1. The summed E-state index contributed by atoms with van der Waals surface area (Å²) >= 11 is 0. The molecule has 0 aliphatic heterocycles. The summed E-state index contributed by atoms with van der Waals surface area (Å²) < 4.78 is 5.28. The molecule has 0 fully saturated rings. The van der Waals surface area contributed by atoms with Gasteiger partial charge in [-0.15, -0.1) is 0 Å². The maximum absolute atomic E-state index is 10.9. The van der Waals surface area contributed by atoms with Crippen molar-refractivity contribution >= 4 is 17.5 Å². The molecular formula is C13H14O5. The molecule has 0 spiro atoms. The summed E-state index contributed by atoms with van der Waals surface area (Å²) in [5, 5.41) is 18.1. The second-order valence-electron chi connectivity index (χ2n) is 3.61. The fraction of sp³-hybridized carbons (Fsp3) is 0.231. The van der Waals surface area contributed by atoms with Gasteiger partial charge in [0, 0.05) is 11.6 Å². The fourth-order valence-electron chi connectivity index (χ4n) is 1.44. The van der Waals surface area contributed by atoms with Crippen LogP contribution >= 0.6 is 0 Å². The van der Waals surface area contributed by atoms with Crippen LogP contribution in [0.5, 0.6) is 5.75 Å². The number of aliphatic carboxylic acids is 1. The highest BCUT2D eigenvalue weighted by atomic mass is 16.5. The van der Waals surface area contributed by atoms with Crippen LogP contribution < -0.4 is 4.74 Å². The first kappa shape index (κ1) is 13.8. The molecule has 0 amide bonds. The maximum Gasteiger partial charge on any atom is 0.376 e. The fourth-order valence-corrected chi connectivity index (χ4v) is 1.44. The van der Waals surface area contributed by atoms with E-state index in [0.29, 0.717) is 29.6 Å². The van der Waals surface area contributed by atoms with Crippen LogP contribution in [-0.4, -0.2) is 28.6 Å². The van der Waals surface area contributed by atoms with Crippen molar-refractivity contribution in [2.75, 3.05) is 6.61 Å². The van der Waals surface area contributed by atoms with Gasteiger partial charge in [-0.1, -0.05) is 0 Å². The van der Waals surface area contributed by atoms with Crippen molar-refractivity contribution < 1.29 is 24.5 Å². The number of ketones is 1. The second-order valence-corrected chi connectivity index (χ2v) is 3.61. The van der Waals surface area contributed by atoms with E-state index in [0.717, 1.165) is 0 Å². The van der Waals surface area contributed by atoms with E-state index in [1.807, 2.05) is 6.92 Å². The number of hydrogen-bond donors (Lipinski definition) is 2. The molecule has 5 nitrogen and oxygen atoms in total. The van der Waals surface area contributed by atoms with Gasteiger partial charge in [0.25, 0.3) is 5.78 Å². The van der Waals surface area contributed by atoms with Crippen LogP contribution in [0.25, 0.3) is 5.76 Å². The summed E-state index contributed by atoms with van der Waals surface area (Å²) in [6, 6.07) is 4.91. The van der Waals surface area contributed by atoms with Crippen molar-refractivity contribution in [1.82, 2.24) is 0 Å². The molecule has 0 aromatic heterocycles.